The molecule has 2 heterocycles. The second kappa shape index (κ2) is 10.5. The van der Waals surface area contributed by atoms with Gasteiger partial charge in [0.1, 0.15) is 0 Å². The Morgan fingerprint density at radius 1 is 1.03 bits per heavy atom. The highest BCUT2D eigenvalue weighted by atomic mass is 32.2. The van der Waals surface area contributed by atoms with Gasteiger partial charge in [0.05, 0.1) is 17.4 Å². The number of hydrogen-bond acceptors (Lipinski definition) is 5. The predicted octanol–water partition coefficient (Wildman–Crippen LogP) is 2.35. The number of sulfonamides is 1. The highest BCUT2D eigenvalue weighted by molar-refractivity contribution is 7.89. The highest BCUT2D eigenvalue weighted by Gasteiger charge is 2.29. The zero-order chi connectivity index (χ0) is 23.4. The Balaban J connectivity index is 1.34. The van der Waals surface area contributed by atoms with Crippen LogP contribution in [-0.2, 0) is 19.6 Å². The van der Waals surface area contributed by atoms with E-state index in [0.29, 0.717) is 31.2 Å². The van der Waals surface area contributed by atoms with E-state index in [0.717, 1.165) is 50.8 Å². The molecule has 2 aliphatic heterocycles. The average Bonchev–Trinajstić information content (AvgIpc) is 3.64. The van der Waals surface area contributed by atoms with Crippen LogP contribution in [0, 0.1) is 18.8 Å². The number of piperidine rings is 2. The van der Waals surface area contributed by atoms with Crippen LogP contribution in [-0.4, -0.2) is 68.7 Å². The summed E-state index contributed by atoms with van der Waals surface area (Å²) in [6, 6.07) is 4.93. The van der Waals surface area contributed by atoms with Crippen molar-refractivity contribution in [3.63, 3.8) is 0 Å². The molecule has 1 saturated carbocycles. The molecular formula is C24H36N4O4S. The Morgan fingerprint density at radius 2 is 1.79 bits per heavy atom. The van der Waals surface area contributed by atoms with E-state index in [1.165, 1.54) is 17.1 Å². The van der Waals surface area contributed by atoms with Crippen molar-refractivity contribution < 1.29 is 18.0 Å². The summed E-state index contributed by atoms with van der Waals surface area (Å²) in [5, 5.41) is 5.96. The number of carbonyl (C=O) groups is 2. The molecule has 4 rings (SSSR count). The predicted molar refractivity (Wildman–Crippen MR) is 127 cm³/mol. The Morgan fingerprint density at radius 3 is 2.52 bits per heavy atom. The molecule has 9 heteroatoms. The molecular weight excluding hydrogens is 440 g/mol. The van der Waals surface area contributed by atoms with E-state index in [1.54, 1.807) is 18.2 Å². The molecule has 0 aromatic heterocycles. The number of anilines is 1. The number of benzene rings is 1. The molecule has 33 heavy (non-hydrogen) atoms. The van der Waals surface area contributed by atoms with Crippen molar-refractivity contribution in [1.29, 1.82) is 0 Å². The summed E-state index contributed by atoms with van der Waals surface area (Å²) in [5.41, 5.74) is 1.34. The highest BCUT2D eigenvalue weighted by Crippen LogP contribution is 2.28. The van der Waals surface area contributed by atoms with Crippen molar-refractivity contribution in [2.75, 3.05) is 44.6 Å². The molecule has 1 unspecified atom stereocenters. The lowest BCUT2D eigenvalue weighted by molar-refractivity contribution is -0.128. The number of nitrogens with zero attached hydrogens (tertiary/aromatic N) is 2. The fourth-order valence-electron chi connectivity index (χ4n) is 4.67. The summed E-state index contributed by atoms with van der Waals surface area (Å²) in [7, 11) is -3.56. The second-order valence-corrected chi connectivity index (χ2v) is 11.7. The third kappa shape index (κ3) is 6.33. The molecule has 0 spiro atoms. The summed E-state index contributed by atoms with van der Waals surface area (Å²) in [4.78, 5) is 27.5. The molecule has 8 nitrogen and oxygen atoms in total. The van der Waals surface area contributed by atoms with Crippen molar-refractivity contribution in [2.45, 2.75) is 56.8 Å². The van der Waals surface area contributed by atoms with Crippen LogP contribution in [0.5, 0.6) is 0 Å². The van der Waals surface area contributed by atoms with E-state index in [2.05, 4.69) is 10.6 Å². The number of likely N-dealkylation sites (tertiary alicyclic amines) is 1. The summed E-state index contributed by atoms with van der Waals surface area (Å²) < 4.78 is 27.6. The molecule has 3 fully saturated rings. The number of rotatable bonds is 8. The lowest BCUT2D eigenvalue weighted by atomic mass is 9.97. The van der Waals surface area contributed by atoms with E-state index in [9.17, 15) is 18.0 Å². The maximum Gasteiger partial charge on any atom is 0.243 e. The lowest BCUT2D eigenvalue weighted by Gasteiger charge is -2.31. The first-order valence-corrected chi connectivity index (χ1v) is 13.7. The van der Waals surface area contributed by atoms with Crippen LogP contribution in [0.25, 0.3) is 0 Å². The van der Waals surface area contributed by atoms with Crippen LogP contribution >= 0.6 is 0 Å². The van der Waals surface area contributed by atoms with E-state index >= 15 is 0 Å². The smallest absolute Gasteiger partial charge is 0.243 e. The standard InChI is InChI=1S/C24H36N4O4S/c1-18-7-10-21(33(31,32)28-12-3-2-4-13-28)14-22(18)26-23(29)17-27-11-5-6-20(16-27)24(30)25-15-19-8-9-19/h7,10,14,19-20H,2-6,8-9,11-13,15-17H2,1H3,(H,25,30)(H,26,29). The van der Waals surface area contributed by atoms with Crippen LogP contribution in [0.15, 0.2) is 23.1 Å². The van der Waals surface area contributed by atoms with Gasteiger partial charge in [0.15, 0.2) is 0 Å². The molecule has 2 N–H and O–H groups in total. The average molecular weight is 477 g/mol. The van der Waals surface area contributed by atoms with Crippen LogP contribution in [0.1, 0.15) is 50.5 Å². The van der Waals surface area contributed by atoms with Gasteiger partial charge in [-0.3, -0.25) is 14.5 Å². The molecule has 182 valence electrons. The molecule has 0 bridgehead atoms. The van der Waals surface area contributed by atoms with Gasteiger partial charge in [-0.05, 0) is 75.6 Å². The van der Waals surface area contributed by atoms with Crippen molar-refractivity contribution in [3.8, 4) is 0 Å². The van der Waals surface area contributed by atoms with Gasteiger partial charge in [-0.1, -0.05) is 12.5 Å². The zero-order valence-electron chi connectivity index (χ0n) is 19.5. The molecule has 1 aliphatic carbocycles. The summed E-state index contributed by atoms with van der Waals surface area (Å²) >= 11 is 0. The summed E-state index contributed by atoms with van der Waals surface area (Å²) in [6.45, 7) is 5.26. The van der Waals surface area contributed by atoms with Gasteiger partial charge < -0.3 is 10.6 Å². The lowest BCUT2D eigenvalue weighted by Crippen LogP contribution is -2.45. The van der Waals surface area contributed by atoms with E-state index < -0.39 is 10.0 Å². The first-order chi connectivity index (χ1) is 15.8. The van der Waals surface area contributed by atoms with E-state index in [-0.39, 0.29) is 29.2 Å². The van der Waals surface area contributed by atoms with Crippen molar-refractivity contribution in [3.05, 3.63) is 23.8 Å². The quantitative estimate of drug-likeness (QED) is 0.600. The number of nitrogens with one attached hydrogen (secondary N) is 2. The molecule has 2 amide bonds. The Bertz CT molecular complexity index is 971. The zero-order valence-corrected chi connectivity index (χ0v) is 20.3. The van der Waals surface area contributed by atoms with Crippen molar-refractivity contribution >= 4 is 27.5 Å². The van der Waals surface area contributed by atoms with Crippen molar-refractivity contribution in [1.82, 2.24) is 14.5 Å². The fourth-order valence-corrected chi connectivity index (χ4v) is 6.21. The van der Waals surface area contributed by atoms with Crippen molar-refractivity contribution in [2.24, 2.45) is 11.8 Å². The molecule has 1 aromatic rings. The van der Waals surface area contributed by atoms with Crippen LogP contribution in [0.3, 0.4) is 0 Å². The first-order valence-electron chi connectivity index (χ1n) is 12.2. The first kappa shape index (κ1) is 24.2. The van der Waals surface area contributed by atoms with Crippen LogP contribution in [0.4, 0.5) is 5.69 Å². The molecule has 3 aliphatic rings. The van der Waals surface area contributed by atoms with E-state index in [1.807, 2.05) is 11.8 Å². The second-order valence-electron chi connectivity index (χ2n) is 9.75. The molecule has 0 radical (unpaired) electrons. The van der Waals surface area contributed by atoms with Gasteiger partial charge in [0, 0.05) is 31.9 Å². The Labute approximate surface area is 197 Å². The largest absolute Gasteiger partial charge is 0.356 e. The Kier molecular flexibility index (Phi) is 7.71. The van der Waals surface area contributed by atoms with Crippen LogP contribution in [0.2, 0.25) is 0 Å². The van der Waals surface area contributed by atoms with Gasteiger partial charge in [-0.2, -0.15) is 4.31 Å². The van der Waals surface area contributed by atoms with Gasteiger partial charge in [0.25, 0.3) is 0 Å². The maximum atomic E-state index is 13.0. The van der Waals surface area contributed by atoms with Gasteiger partial charge in [-0.15, -0.1) is 0 Å². The number of carbonyl (C=O) groups excluding carboxylic acids is 2. The third-order valence-electron chi connectivity index (χ3n) is 6.94. The SMILES string of the molecule is Cc1ccc(S(=O)(=O)N2CCCCC2)cc1NC(=O)CN1CCCC(C(=O)NCC2CC2)C1. The minimum absolute atomic E-state index is 0.0787. The Hall–Kier alpha value is -1.97. The minimum Gasteiger partial charge on any atom is -0.356 e. The van der Waals surface area contributed by atoms with Gasteiger partial charge >= 0.3 is 0 Å². The van der Waals surface area contributed by atoms with Gasteiger partial charge in [-0.25, -0.2) is 8.42 Å². The normalized spacial score (nSPS) is 22.6. The van der Waals surface area contributed by atoms with Crippen LogP contribution < -0.4 is 10.6 Å². The van der Waals surface area contributed by atoms with E-state index in [4.69, 9.17) is 0 Å². The third-order valence-corrected chi connectivity index (χ3v) is 8.84. The maximum absolute atomic E-state index is 13.0. The summed E-state index contributed by atoms with van der Waals surface area (Å²) in [5.74, 6) is 0.477. The minimum atomic E-state index is -3.56. The number of aryl methyl sites for hydroxylation is 1. The van der Waals surface area contributed by atoms with Gasteiger partial charge in [0.2, 0.25) is 21.8 Å². The summed E-state index contributed by atoms with van der Waals surface area (Å²) in [6.07, 6.45) is 6.96. The molecule has 1 aromatic carbocycles. The monoisotopic (exact) mass is 476 g/mol. The topological polar surface area (TPSA) is 98.8 Å². The molecule has 1 atom stereocenters. The number of hydrogen-bond donors (Lipinski definition) is 2. The fraction of sp³-hybridized carbons (Fsp3) is 0.667. The molecule has 2 saturated heterocycles. The number of amides is 2.